The number of aromatic nitrogens is 1. The van der Waals surface area contributed by atoms with Gasteiger partial charge in [0, 0.05) is 56.6 Å². The Hall–Kier alpha value is -1.75. The van der Waals surface area contributed by atoms with Gasteiger partial charge in [-0.15, -0.1) is 0 Å². The first-order chi connectivity index (χ1) is 14.5. The van der Waals surface area contributed by atoms with Gasteiger partial charge in [0.25, 0.3) is 5.92 Å². The lowest BCUT2D eigenvalue weighted by Gasteiger charge is -2.20. The van der Waals surface area contributed by atoms with Crippen molar-refractivity contribution in [1.82, 2.24) is 15.2 Å². The zero-order valence-electron chi connectivity index (χ0n) is 18.8. The monoisotopic (exact) mass is 451 g/mol. The Labute approximate surface area is 186 Å². The van der Waals surface area contributed by atoms with E-state index in [1.807, 2.05) is 13.1 Å². The molecule has 1 N–H and O–H groups in total. The molecular formula is C24H33F3N3P. The molecule has 2 rings (SSSR count). The van der Waals surface area contributed by atoms with Crippen molar-refractivity contribution in [3.63, 3.8) is 0 Å². The normalized spacial score (nSPS) is 14.4. The molecule has 3 nitrogen and oxygen atoms in total. The van der Waals surface area contributed by atoms with E-state index in [1.165, 1.54) is 19.1 Å². The summed E-state index contributed by atoms with van der Waals surface area (Å²) < 4.78 is 42.6. The Morgan fingerprint density at radius 2 is 1.74 bits per heavy atom. The highest BCUT2D eigenvalue weighted by Gasteiger charge is 2.29. The molecule has 0 aliphatic heterocycles. The molecule has 0 spiro atoms. The number of alkyl halides is 3. The lowest BCUT2D eigenvalue weighted by Crippen LogP contribution is -2.29. The Balaban J connectivity index is 2.16. The highest BCUT2D eigenvalue weighted by molar-refractivity contribution is 7.18. The van der Waals surface area contributed by atoms with Crippen LogP contribution in [0.3, 0.4) is 0 Å². The quantitative estimate of drug-likeness (QED) is 0.263. The molecule has 170 valence electrons. The van der Waals surface area contributed by atoms with Crippen LogP contribution in [0.2, 0.25) is 0 Å². The van der Waals surface area contributed by atoms with Crippen LogP contribution >= 0.6 is 9.24 Å². The van der Waals surface area contributed by atoms with Gasteiger partial charge >= 0.3 is 0 Å². The summed E-state index contributed by atoms with van der Waals surface area (Å²) >= 11 is 0. The molecule has 0 bridgehead atoms. The van der Waals surface area contributed by atoms with Crippen molar-refractivity contribution in [2.45, 2.75) is 45.1 Å². The fourth-order valence-corrected chi connectivity index (χ4v) is 3.32. The molecular weight excluding hydrogens is 418 g/mol. The number of pyridine rings is 1. The summed E-state index contributed by atoms with van der Waals surface area (Å²) in [7, 11) is 4.09. The molecule has 0 saturated heterocycles. The lowest BCUT2D eigenvalue weighted by molar-refractivity contribution is 0.0173. The Morgan fingerprint density at radius 3 is 2.39 bits per heavy atom. The highest BCUT2D eigenvalue weighted by Crippen LogP contribution is 2.39. The average molecular weight is 452 g/mol. The van der Waals surface area contributed by atoms with E-state index in [2.05, 4.69) is 43.5 Å². The molecule has 1 aromatic carbocycles. The van der Waals surface area contributed by atoms with Crippen molar-refractivity contribution in [2.75, 3.05) is 26.7 Å². The molecule has 1 heterocycles. The molecule has 7 heteroatoms. The summed E-state index contributed by atoms with van der Waals surface area (Å²) in [5, 5.41) is 1.56. The molecule has 0 saturated carbocycles. The molecule has 1 aromatic heterocycles. The molecule has 0 amide bonds. The van der Waals surface area contributed by atoms with Crippen LogP contribution < -0.4 is 5.32 Å². The Bertz CT molecular complexity index is 841. The van der Waals surface area contributed by atoms with Crippen molar-refractivity contribution < 1.29 is 13.2 Å². The van der Waals surface area contributed by atoms with Crippen molar-refractivity contribution in [3.8, 4) is 11.1 Å². The maximum Gasteiger partial charge on any atom is 0.270 e. The molecule has 31 heavy (non-hydrogen) atoms. The lowest BCUT2D eigenvalue weighted by atomic mass is 9.96. The minimum absolute atomic E-state index is 0.192. The van der Waals surface area contributed by atoms with E-state index >= 15 is 0 Å². The number of likely N-dealkylation sites (N-methyl/N-ethyl adjacent to an activating group) is 1. The zero-order valence-corrected chi connectivity index (χ0v) is 19.9. The standard InChI is InChI=1S/C24H33F3N3P/c1-5-6-7-8-28-9-10-30(4)17-18-11-20(16-29-15-18)19-12-21(23(2,25)26)14-22(13-19)24(3,27)31/h6-7,11-16,28H,5,8-10,17,31H2,1-4H3/b7-6-. The Morgan fingerprint density at radius 1 is 1.03 bits per heavy atom. The zero-order chi connectivity index (χ0) is 23.1. The molecule has 2 aromatic rings. The molecule has 0 aliphatic carbocycles. The van der Waals surface area contributed by atoms with Crippen LogP contribution in [0.4, 0.5) is 13.2 Å². The van der Waals surface area contributed by atoms with E-state index in [0.717, 1.165) is 38.5 Å². The molecule has 2 unspecified atom stereocenters. The minimum Gasteiger partial charge on any atom is -0.312 e. The third kappa shape index (κ3) is 8.36. The van der Waals surface area contributed by atoms with Gasteiger partial charge < -0.3 is 10.2 Å². The van der Waals surface area contributed by atoms with Crippen molar-refractivity contribution in [3.05, 3.63) is 65.5 Å². The first-order valence-electron chi connectivity index (χ1n) is 10.5. The number of halogens is 3. The van der Waals surface area contributed by atoms with Crippen molar-refractivity contribution in [1.29, 1.82) is 0 Å². The first kappa shape index (κ1) is 25.5. The van der Waals surface area contributed by atoms with Gasteiger partial charge in [-0.3, -0.25) is 4.98 Å². The largest absolute Gasteiger partial charge is 0.312 e. The van der Waals surface area contributed by atoms with E-state index in [4.69, 9.17) is 0 Å². The number of hydrogen-bond acceptors (Lipinski definition) is 3. The summed E-state index contributed by atoms with van der Waals surface area (Å²) in [6.07, 6.45) is 8.68. The van der Waals surface area contributed by atoms with E-state index in [-0.39, 0.29) is 11.1 Å². The number of hydrogen-bond donors (Lipinski definition) is 1. The van der Waals surface area contributed by atoms with Crippen molar-refractivity contribution >= 4 is 9.24 Å². The predicted molar refractivity (Wildman–Crippen MR) is 126 cm³/mol. The summed E-state index contributed by atoms with van der Waals surface area (Å²) in [5.41, 5.74) is 2.17. The second-order valence-electron chi connectivity index (χ2n) is 8.17. The summed E-state index contributed by atoms with van der Waals surface area (Å²) in [5.74, 6) is -3.06. The number of nitrogens with one attached hydrogen (secondary N) is 1. The molecule has 0 aliphatic rings. The second kappa shape index (κ2) is 11.2. The van der Waals surface area contributed by atoms with Gasteiger partial charge in [0.15, 0.2) is 0 Å². The topological polar surface area (TPSA) is 28.2 Å². The molecule has 2 atom stereocenters. The van der Waals surface area contributed by atoms with Crippen LogP contribution in [0.25, 0.3) is 11.1 Å². The maximum absolute atomic E-state index is 14.5. The SMILES string of the molecule is CC/C=C\CNCCN(C)Cc1cncc(-c2cc(C(C)(F)F)cc(C(C)(F)P)c2)c1. The van der Waals surface area contributed by atoms with Crippen LogP contribution in [0.5, 0.6) is 0 Å². The van der Waals surface area contributed by atoms with Gasteiger partial charge in [-0.05, 0) is 61.3 Å². The number of nitrogens with zero attached hydrogens (tertiary/aromatic N) is 2. The second-order valence-corrected chi connectivity index (χ2v) is 9.25. The van der Waals surface area contributed by atoms with E-state index in [1.54, 1.807) is 18.5 Å². The fraction of sp³-hybridized carbons (Fsp3) is 0.458. The smallest absolute Gasteiger partial charge is 0.270 e. The number of benzene rings is 1. The number of allylic oxidation sites excluding steroid dienone is 1. The van der Waals surface area contributed by atoms with Gasteiger partial charge in [-0.2, -0.15) is 0 Å². The summed E-state index contributed by atoms with van der Waals surface area (Å²) in [4.78, 5) is 6.46. The minimum atomic E-state index is -3.06. The average Bonchev–Trinajstić information content (AvgIpc) is 2.69. The third-order valence-corrected chi connectivity index (χ3v) is 5.25. The molecule has 0 radical (unpaired) electrons. The Kier molecular flexibility index (Phi) is 9.23. The van der Waals surface area contributed by atoms with E-state index in [0.29, 0.717) is 17.7 Å². The maximum atomic E-state index is 14.5. The van der Waals surface area contributed by atoms with Crippen LogP contribution in [0.15, 0.2) is 48.8 Å². The predicted octanol–water partition coefficient (Wildman–Crippen LogP) is 5.87. The van der Waals surface area contributed by atoms with Gasteiger partial charge in [0.05, 0.1) is 0 Å². The van der Waals surface area contributed by atoms with Gasteiger partial charge in [-0.25, -0.2) is 13.2 Å². The van der Waals surface area contributed by atoms with Crippen LogP contribution in [0, 0.1) is 0 Å². The van der Waals surface area contributed by atoms with E-state index in [9.17, 15) is 13.2 Å². The third-order valence-electron chi connectivity index (χ3n) is 4.92. The van der Waals surface area contributed by atoms with Gasteiger partial charge in [-0.1, -0.05) is 28.3 Å². The van der Waals surface area contributed by atoms with Gasteiger partial charge in [0.2, 0.25) is 0 Å². The van der Waals surface area contributed by atoms with Crippen LogP contribution in [0.1, 0.15) is 43.9 Å². The summed E-state index contributed by atoms with van der Waals surface area (Å²) in [6, 6.07) is 6.18. The van der Waals surface area contributed by atoms with Crippen molar-refractivity contribution in [2.24, 2.45) is 0 Å². The summed E-state index contributed by atoms with van der Waals surface area (Å²) in [6.45, 7) is 7.51. The van der Waals surface area contributed by atoms with Gasteiger partial charge in [0.1, 0.15) is 5.41 Å². The fourth-order valence-electron chi connectivity index (χ4n) is 3.16. The first-order valence-corrected chi connectivity index (χ1v) is 11.1. The highest BCUT2D eigenvalue weighted by atomic mass is 31.0. The van der Waals surface area contributed by atoms with Crippen LogP contribution in [-0.2, 0) is 17.9 Å². The van der Waals surface area contributed by atoms with E-state index < -0.39 is 11.3 Å². The van der Waals surface area contributed by atoms with Crippen LogP contribution in [-0.4, -0.2) is 36.6 Å². The molecule has 0 fully saturated rings. The number of rotatable bonds is 11.